The Bertz CT molecular complexity index is 524. The number of thiazole rings is 1. The summed E-state index contributed by atoms with van der Waals surface area (Å²) in [5.74, 6) is 0. The Labute approximate surface area is 97.5 Å². The Kier molecular flexibility index (Phi) is 3.25. The molecule has 0 unspecified atom stereocenters. The summed E-state index contributed by atoms with van der Waals surface area (Å²) in [6, 6.07) is 7.98. The van der Waals surface area contributed by atoms with Crippen molar-refractivity contribution in [2.75, 3.05) is 0 Å². The van der Waals surface area contributed by atoms with Gasteiger partial charge in [0.05, 0.1) is 22.6 Å². The molecule has 0 saturated heterocycles. The molecule has 16 heavy (non-hydrogen) atoms. The second-order valence-corrected chi connectivity index (χ2v) is 4.23. The Hall–Kier alpha value is -1.77. The highest BCUT2D eigenvalue weighted by Crippen LogP contribution is 2.27. The lowest BCUT2D eigenvalue weighted by molar-refractivity contribution is 0.563. The third-order valence-electron chi connectivity index (χ3n) is 2.29. The van der Waals surface area contributed by atoms with Gasteiger partial charge in [-0.1, -0.05) is 24.3 Å². The second kappa shape index (κ2) is 4.84. The maximum absolute atomic E-state index is 9.98. The third kappa shape index (κ3) is 2.24. The van der Waals surface area contributed by atoms with Crippen molar-refractivity contribution in [3.8, 4) is 10.4 Å². The first-order valence-corrected chi connectivity index (χ1v) is 5.72. The first kappa shape index (κ1) is 10.7. The molecule has 0 aliphatic heterocycles. The molecule has 1 aromatic carbocycles. The van der Waals surface area contributed by atoms with Crippen molar-refractivity contribution >= 4 is 17.4 Å². The molecule has 0 aliphatic carbocycles. The summed E-state index contributed by atoms with van der Waals surface area (Å²) in [7, 11) is 0. The molecule has 2 rings (SSSR count). The highest BCUT2D eigenvalue weighted by molar-refractivity contribution is 7.13. The number of isocyanates is 1. The highest BCUT2D eigenvalue weighted by atomic mass is 32.1. The van der Waals surface area contributed by atoms with Crippen LogP contribution in [0.3, 0.4) is 0 Å². The van der Waals surface area contributed by atoms with Gasteiger partial charge in [0.1, 0.15) is 0 Å². The van der Waals surface area contributed by atoms with Crippen LogP contribution in [0.25, 0.3) is 10.4 Å². The molecule has 0 bridgehead atoms. The molecule has 0 radical (unpaired) electrons. The van der Waals surface area contributed by atoms with E-state index < -0.39 is 0 Å². The molecular weight excluding hydrogens is 220 g/mol. The molecule has 0 fully saturated rings. The van der Waals surface area contributed by atoms with Gasteiger partial charge in [0.25, 0.3) is 0 Å². The van der Waals surface area contributed by atoms with Gasteiger partial charge in [-0.2, -0.15) is 0 Å². The zero-order valence-corrected chi connectivity index (χ0v) is 9.62. The number of hydrogen-bond donors (Lipinski definition) is 0. The Morgan fingerprint density at radius 1 is 1.38 bits per heavy atom. The highest BCUT2D eigenvalue weighted by Gasteiger charge is 2.03. The lowest BCUT2D eigenvalue weighted by Crippen LogP contribution is -1.82. The van der Waals surface area contributed by atoms with E-state index in [-0.39, 0.29) is 0 Å². The van der Waals surface area contributed by atoms with E-state index >= 15 is 0 Å². The molecule has 0 atom stereocenters. The minimum atomic E-state index is 0.394. The maximum Gasteiger partial charge on any atom is 0.235 e. The fourth-order valence-corrected chi connectivity index (χ4v) is 2.28. The van der Waals surface area contributed by atoms with Crippen LogP contribution in [0.5, 0.6) is 0 Å². The van der Waals surface area contributed by atoms with Crippen molar-refractivity contribution in [1.82, 2.24) is 4.98 Å². The van der Waals surface area contributed by atoms with Crippen LogP contribution in [-0.4, -0.2) is 11.1 Å². The van der Waals surface area contributed by atoms with Crippen molar-refractivity contribution < 1.29 is 4.79 Å². The van der Waals surface area contributed by atoms with E-state index in [1.807, 2.05) is 36.7 Å². The summed E-state index contributed by atoms with van der Waals surface area (Å²) in [6.07, 6.45) is 1.53. The number of hydrogen-bond acceptors (Lipinski definition) is 4. The van der Waals surface area contributed by atoms with E-state index in [0.29, 0.717) is 6.54 Å². The van der Waals surface area contributed by atoms with Gasteiger partial charge in [-0.3, -0.25) is 0 Å². The molecule has 3 nitrogen and oxygen atoms in total. The van der Waals surface area contributed by atoms with Crippen LogP contribution >= 0.6 is 11.3 Å². The predicted octanol–water partition coefficient (Wildman–Crippen LogP) is 2.95. The third-order valence-corrected chi connectivity index (χ3v) is 3.27. The van der Waals surface area contributed by atoms with Crippen LogP contribution in [0.2, 0.25) is 0 Å². The molecule has 80 valence electrons. The second-order valence-electron chi connectivity index (χ2n) is 3.37. The van der Waals surface area contributed by atoms with Crippen molar-refractivity contribution in [2.24, 2.45) is 4.99 Å². The topological polar surface area (TPSA) is 42.3 Å². The molecule has 1 heterocycles. The number of carbonyl (C=O) groups excluding carboxylic acids is 1. The Morgan fingerprint density at radius 2 is 2.12 bits per heavy atom. The quantitative estimate of drug-likeness (QED) is 0.601. The van der Waals surface area contributed by atoms with Gasteiger partial charge in [0, 0.05) is 0 Å². The van der Waals surface area contributed by atoms with Crippen molar-refractivity contribution in [3.63, 3.8) is 0 Å². The zero-order valence-electron chi connectivity index (χ0n) is 8.80. The van der Waals surface area contributed by atoms with Gasteiger partial charge in [-0.05, 0) is 18.1 Å². The summed E-state index contributed by atoms with van der Waals surface area (Å²) in [4.78, 5) is 18.9. The summed E-state index contributed by atoms with van der Waals surface area (Å²) in [6.45, 7) is 2.39. The minimum absolute atomic E-state index is 0.394. The monoisotopic (exact) mass is 230 g/mol. The molecular formula is C12H10N2OS. The van der Waals surface area contributed by atoms with Crippen LogP contribution in [0.15, 0.2) is 34.8 Å². The standard InChI is InChI=1S/C12H10N2OS/c1-9-12(16-8-14-9)11-4-2-10(3-5-11)6-13-7-15/h2-5,8H,6H2,1H3. The van der Waals surface area contributed by atoms with Gasteiger partial charge in [-0.15, -0.1) is 11.3 Å². The van der Waals surface area contributed by atoms with Gasteiger partial charge in [-0.25, -0.2) is 14.8 Å². The van der Waals surface area contributed by atoms with Crippen molar-refractivity contribution in [1.29, 1.82) is 0 Å². The van der Waals surface area contributed by atoms with Gasteiger partial charge in [0.2, 0.25) is 6.08 Å². The molecule has 0 amide bonds. The molecule has 0 N–H and O–H groups in total. The zero-order chi connectivity index (χ0) is 11.4. The average Bonchev–Trinajstić information content (AvgIpc) is 2.74. The van der Waals surface area contributed by atoms with E-state index in [1.54, 1.807) is 11.3 Å². The van der Waals surface area contributed by atoms with E-state index in [0.717, 1.165) is 16.8 Å². The first-order chi connectivity index (χ1) is 7.81. The molecule has 4 heteroatoms. The fraction of sp³-hybridized carbons (Fsp3) is 0.167. The summed E-state index contributed by atoms with van der Waals surface area (Å²) in [5, 5.41) is 0. The van der Waals surface area contributed by atoms with E-state index in [4.69, 9.17) is 0 Å². The maximum atomic E-state index is 9.98. The number of aryl methyl sites for hydroxylation is 1. The molecule has 0 spiro atoms. The Morgan fingerprint density at radius 3 is 2.69 bits per heavy atom. The fourth-order valence-electron chi connectivity index (χ4n) is 1.46. The van der Waals surface area contributed by atoms with Crippen LogP contribution in [0, 0.1) is 6.92 Å². The van der Waals surface area contributed by atoms with Crippen molar-refractivity contribution in [2.45, 2.75) is 13.5 Å². The number of rotatable bonds is 3. The first-order valence-electron chi connectivity index (χ1n) is 4.84. The van der Waals surface area contributed by atoms with E-state index in [1.165, 1.54) is 11.0 Å². The normalized spacial score (nSPS) is 9.81. The smallest absolute Gasteiger partial charge is 0.235 e. The van der Waals surface area contributed by atoms with Crippen LogP contribution in [0.4, 0.5) is 0 Å². The number of aliphatic imine (C=N–C) groups is 1. The van der Waals surface area contributed by atoms with Crippen LogP contribution < -0.4 is 0 Å². The number of benzene rings is 1. The lowest BCUT2D eigenvalue weighted by atomic mass is 10.1. The SMILES string of the molecule is Cc1ncsc1-c1ccc(CN=C=O)cc1. The summed E-state index contributed by atoms with van der Waals surface area (Å²) in [5.41, 5.74) is 5.05. The molecule has 0 aliphatic rings. The Balaban J connectivity index is 2.26. The van der Waals surface area contributed by atoms with Gasteiger partial charge >= 0.3 is 0 Å². The number of aromatic nitrogens is 1. The summed E-state index contributed by atoms with van der Waals surface area (Å²) >= 11 is 1.63. The van der Waals surface area contributed by atoms with E-state index in [9.17, 15) is 4.79 Å². The van der Waals surface area contributed by atoms with Gasteiger partial charge in [0.15, 0.2) is 0 Å². The van der Waals surface area contributed by atoms with Crippen LogP contribution in [-0.2, 0) is 11.3 Å². The van der Waals surface area contributed by atoms with Gasteiger partial charge < -0.3 is 0 Å². The predicted molar refractivity (Wildman–Crippen MR) is 64.1 cm³/mol. The molecule has 1 aromatic heterocycles. The molecule has 0 saturated carbocycles. The number of nitrogens with zero attached hydrogens (tertiary/aromatic N) is 2. The molecule has 2 aromatic rings. The average molecular weight is 230 g/mol. The van der Waals surface area contributed by atoms with Crippen LogP contribution in [0.1, 0.15) is 11.3 Å². The lowest BCUT2D eigenvalue weighted by Gasteiger charge is -2.00. The van der Waals surface area contributed by atoms with E-state index in [2.05, 4.69) is 9.98 Å². The van der Waals surface area contributed by atoms with Crippen molar-refractivity contribution in [3.05, 3.63) is 41.0 Å². The summed E-state index contributed by atoms with van der Waals surface area (Å²) < 4.78 is 0. The largest absolute Gasteiger partial charge is 0.249 e. The minimum Gasteiger partial charge on any atom is -0.249 e.